The van der Waals surface area contributed by atoms with Crippen LogP contribution in [-0.2, 0) is 40.9 Å². The summed E-state index contributed by atoms with van der Waals surface area (Å²) in [6.07, 6.45) is -3.48. The highest BCUT2D eigenvalue weighted by molar-refractivity contribution is 7.90. The summed E-state index contributed by atoms with van der Waals surface area (Å²) < 4.78 is 116. The first kappa shape index (κ1) is 38.8. The lowest BCUT2D eigenvalue weighted by atomic mass is 9.93. The van der Waals surface area contributed by atoms with E-state index in [1.54, 1.807) is 32.2 Å². The van der Waals surface area contributed by atoms with Crippen LogP contribution < -0.4 is 15.2 Å². The third-order valence-corrected chi connectivity index (χ3v) is 10.1. The van der Waals surface area contributed by atoms with Gasteiger partial charge in [-0.05, 0) is 80.8 Å². The number of hydrogen-bond acceptors (Lipinski definition) is 7. The summed E-state index contributed by atoms with van der Waals surface area (Å²) in [6.45, 7) is 3.67. The molecule has 0 unspecified atom stereocenters. The molecule has 2 aliphatic carbocycles. The van der Waals surface area contributed by atoms with Gasteiger partial charge in [0.1, 0.15) is 40.9 Å². The zero-order valence-electron chi connectivity index (χ0n) is 30.1. The van der Waals surface area contributed by atoms with E-state index in [0.29, 0.717) is 38.3 Å². The lowest BCUT2D eigenvalue weighted by molar-refractivity contribution is -0.123. The van der Waals surface area contributed by atoms with E-state index in [1.807, 2.05) is 0 Å². The molecule has 294 valence electrons. The predicted octanol–water partition coefficient (Wildman–Crippen LogP) is 5.40. The molecule has 0 spiro atoms. The summed E-state index contributed by atoms with van der Waals surface area (Å²) in [5, 5.41) is 26.7. The molecule has 0 aliphatic heterocycles. The number of carbonyl (C=O) groups excluding carboxylic acids is 1. The highest BCUT2D eigenvalue weighted by Crippen LogP contribution is 2.68. The number of halogens is 6. The smallest absolute Gasteiger partial charge is 0.297 e. The van der Waals surface area contributed by atoms with E-state index in [0.717, 1.165) is 12.1 Å². The van der Waals surface area contributed by atoms with Crippen LogP contribution >= 0.6 is 0 Å². The SMILES string of the molecule is Cc1ccc(-c2ccc(C#CC(C)(C)O)nc2[C@H](Cc2cc(F)cc(F)c2)NC(=O)Cn2nc(C(F)F)c3c2C(F)(F)[C@@H]2C[C@H]32)c2c1c(NS(N)(=O)=O)nn2C. The molecule has 1 amide bonds. The highest BCUT2D eigenvalue weighted by Gasteiger charge is 2.67. The molecule has 2 aliphatic rings. The van der Waals surface area contributed by atoms with Crippen LogP contribution in [0.15, 0.2) is 42.5 Å². The minimum atomic E-state index is -4.27. The van der Waals surface area contributed by atoms with E-state index in [-0.39, 0.29) is 41.2 Å². The molecule has 12 nitrogen and oxygen atoms in total. The standard InChI is InChI=1S/C37H34F6N8O4S/c1-17-5-7-23(32-28(17)35(48-50(32)4)49-56(44,54)55)22-8-6-21(9-10-36(2,3)53)45-30(22)26(13-18-11-19(38)14-20(39)12-18)46-27(52)16-51-33-29(31(47-51)34(40)41)24-15-25(24)37(33,42)43/h5-8,11-12,14,24-26,34,53H,13,15-16H2,1-4H3,(H,46,52)(H,48,49)(H2,44,54,55)/t24-,25+,26-/m0/s1. The molecule has 1 fully saturated rings. The van der Waals surface area contributed by atoms with Crippen LogP contribution in [0.3, 0.4) is 0 Å². The Kier molecular flexibility index (Phi) is 9.45. The molecule has 2 aromatic carbocycles. The van der Waals surface area contributed by atoms with Crippen molar-refractivity contribution in [2.24, 2.45) is 18.1 Å². The second-order valence-electron chi connectivity index (χ2n) is 14.5. The van der Waals surface area contributed by atoms with Crippen molar-refractivity contribution in [2.45, 2.75) is 70.1 Å². The third-order valence-electron chi connectivity index (χ3n) is 9.63. The maximum atomic E-state index is 15.4. The Hall–Kier alpha value is -5.45. The number of alkyl halides is 4. The highest BCUT2D eigenvalue weighted by atomic mass is 32.2. The van der Waals surface area contributed by atoms with Crippen LogP contribution in [0.4, 0.5) is 32.2 Å². The number of nitrogens with one attached hydrogen (secondary N) is 2. The van der Waals surface area contributed by atoms with Gasteiger partial charge in [0, 0.05) is 41.1 Å². The number of rotatable bonds is 10. The number of amides is 1. The Morgan fingerprint density at radius 2 is 1.77 bits per heavy atom. The maximum Gasteiger partial charge on any atom is 0.297 e. The van der Waals surface area contributed by atoms with Gasteiger partial charge in [0.25, 0.3) is 22.6 Å². The summed E-state index contributed by atoms with van der Waals surface area (Å²) in [5.41, 5.74) is -1.44. The fraction of sp³-hybridized carbons (Fsp3) is 0.351. The van der Waals surface area contributed by atoms with E-state index in [9.17, 15) is 35.9 Å². The van der Waals surface area contributed by atoms with Gasteiger partial charge in [0.2, 0.25) is 5.91 Å². The number of aromatic nitrogens is 5. The zero-order chi connectivity index (χ0) is 40.6. The summed E-state index contributed by atoms with van der Waals surface area (Å²) in [4.78, 5) is 18.6. The molecule has 1 saturated carbocycles. The van der Waals surface area contributed by atoms with Crippen LogP contribution in [0.5, 0.6) is 0 Å². The molecule has 7 rings (SSSR count). The number of anilines is 1. The van der Waals surface area contributed by atoms with E-state index in [1.165, 1.54) is 24.6 Å². The van der Waals surface area contributed by atoms with Crippen molar-refractivity contribution in [3.8, 4) is 23.0 Å². The van der Waals surface area contributed by atoms with E-state index >= 15 is 8.78 Å². The van der Waals surface area contributed by atoms with Crippen LogP contribution in [0.25, 0.3) is 22.0 Å². The molecule has 3 heterocycles. The van der Waals surface area contributed by atoms with Crippen LogP contribution in [0, 0.1) is 36.3 Å². The Morgan fingerprint density at radius 3 is 2.41 bits per heavy atom. The van der Waals surface area contributed by atoms with Gasteiger partial charge in [-0.25, -0.2) is 27.7 Å². The number of aryl methyl sites for hydroxylation is 2. The lowest BCUT2D eigenvalue weighted by Gasteiger charge is -2.23. The van der Waals surface area contributed by atoms with Crippen molar-refractivity contribution >= 4 is 32.8 Å². The largest absolute Gasteiger partial charge is 0.378 e. The van der Waals surface area contributed by atoms with Crippen molar-refractivity contribution in [3.63, 3.8) is 0 Å². The average molecular weight is 801 g/mol. The summed E-state index contributed by atoms with van der Waals surface area (Å²) in [5.74, 6) is -2.98. The number of nitrogens with zero attached hydrogens (tertiary/aromatic N) is 5. The molecule has 0 saturated heterocycles. The van der Waals surface area contributed by atoms with E-state index in [4.69, 9.17) is 10.1 Å². The Morgan fingerprint density at radius 1 is 1.09 bits per heavy atom. The maximum absolute atomic E-state index is 15.4. The summed E-state index contributed by atoms with van der Waals surface area (Å²) >= 11 is 0. The topological polar surface area (TPSA) is 170 Å². The second-order valence-corrected chi connectivity index (χ2v) is 15.8. The normalized spacial score (nSPS) is 17.7. The molecule has 3 aromatic heterocycles. The van der Waals surface area contributed by atoms with Gasteiger partial charge in [-0.3, -0.25) is 18.9 Å². The van der Waals surface area contributed by atoms with Gasteiger partial charge in [0.15, 0.2) is 5.82 Å². The number of hydrogen-bond donors (Lipinski definition) is 4. The van der Waals surface area contributed by atoms with Gasteiger partial charge in [0.05, 0.1) is 17.3 Å². The van der Waals surface area contributed by atoms with E-state index in [2.05, 4.69) is 32.1 Å². The molecule has 5 aromatic rings. The molecular weight excluding hydrogens is 767 g/mol. The number of fused-ring (bicyclic) bond motifs is 4. The van der Waals surface area contributed by atoms with Crippen LogP contribution in [0.2, 0.25) is 0 Å². The zero-order valence-corrected chi connectivity index (χ0v) is 31.0. The van der Waals surface area contributed by atoms with Crippen molar-refractivity contribution in [1.82, 2.24) is 29.9 Å². The minimum absolute atomic E-state index is 0.0214. The molecule has 0 radical (unpaired) electrons. The third kappa shape index (κ3) is 7.43. The van der Waals surface area contributed by atoms with Crippen molar-refractivity contribution in [1.29, 1.82) is 0 Å². The molecule has 19 heteroatoms. The monoisotopic (exact) mass is 800 g/mol. The van der Waals surface area contributed by atoms with Crippen LogP contribution in [-0.4, -0.2) is 49.6 Å². The Bertz CT molecular complexity index is 2590. The van der Waals surface area contributed by atoms with E-state index < -0.39 is 81.5 Å². The average Bonchev–Trinajstić information content (AvgIpc) is 3.62. The first-order valence-electron chi connectivity index (χ1n) is 17.2. The summed E-state index contributed by atoms with van der Waals surface area (Å²) in [7, 11) is -2.73. The minimum Gasteiger partial charge on any atom is -0.378 e. The lowest BCUT2D eigenvalue weighted by Crippen LogP contribution is -2.35. The molecule has 0 bridgehead atoms. The van der Waals surface area contributed by atoms with Crippen molar-refractivity contribution in [2.75, 3.05) is 4.72 Å². The molecule has 56 heavy (non-hydrogen) atoms. The Labute approximate surface area is 316 Å². The number of benzene rings is 2. The quantitative estimate of drug-likeness (QED) is 0.108. The van der Waals surface area contributed by atoms with Crippen molar-refractivity contribution in [3.05, 3.63) is 93.6 Å². The first-order chi connectivity index (χ1) is 26.1. The fourth-order valence-electron chi connectivity index (χ4n) is 7.39. The fourth-order valence-corrected chi connectivity index (χ4v) is 7.80. The Balaban J connectivity index is 1.39. The molecular formula is C37H34F6N8O4S. The van der Waals surface area contributed by atoms with Gasteiger partial charge >= 0.3 is 0 Å². The summed E-state index contributed by atoms with van der Waals surface area (Å²) in [6, 6.07) is 7.83. The predicted molar refractivity (Wildman–Crippen MR) is 191 cm³/mol. The number of aliphatic hydroxyl groups is 1. The van der Waals surface area contributed by atoms with Gasteiger partial charge in [-0.1, -0.05) is 18.1 Å². The van der Waals surface area contributed by atoms with Crippen LogP contribution in [0.1, 0.15) is 78.1 Å². The molecule has 3 atom stereocenters. The second kappa shape index (κ2) is 13.6. The first-order valence-corrected chi connectivity index (χ1v) is 18.7. The van der Waals surface area contributed by atoms with Gasteiger partial charge in [-0.2, -0.15) is 27.4 Å². The van der Waals surface area contributed by atoms with Gasteiger partial charge < -0.3 is 10.4 Å². The number of pyridine rings is 1. The number of carbonyl (C=O) groups is 1. The van der Waals surface area contributed by atoms with Crippen molar-refractivity contribution < 1.29 is 44.7 Å². The molecule has 5 N–H and O–H groups in total. The van der Waals surface area contributed by atoms with Gasteiger partial charge in [-0.15, -0.1) is 0 Å². The number of nitrogens with two attached hydrogens (primary N) is 1.